The number of guanidine groups is 1. The molecule has 0 saturated carbocycles. The largest absolute Gasteiger partial charge is 0.356 e. The molecular formula is C22H32ClN5. The average Bonchev–Trinajstić information content (AvgIpc) is 3.27. The van der Waals surface area contributed by atoms with Crippen LogP contribution in [0.3, 0.4) is 0 Å². The van der Waals surface area contributed by atoms with Crippen LogP contribution in [0.5, 0.6) is 0 Å². The molecule has 1 saturated heterocycles. The second-order valence-electron chi connectivity index (χ2n) is 7.74. The van der Waals surface area contributed by atoms with E-state index in [0.717, 1.165) is 43.6 Å². The van der Waals surface area contributed by atoms with Crippen LogP contribution in [0.25, 0.3) is 0 Å². The molecule has 0 aliphatic carbocycles. The minimum Gasteiger partial charge on any atom is -0.356 e. The first-order chi connectivity index (χ1) is 13.5. The van der Waals surface area contributed by atoms with Gasteiger partial charge in [-0.25, -0.2) is 0 Å². The van der Waals surface area contributed by atoms with E-state index in [-0.39, 0.29) is 0 Å². The van der Waals surface area contributed by atoms with Crippen molar-refractivity contribution in [1.29, 1.82) is 0 Å². The lowest BCUT2D eigenvalue weighted by atomic mass is 10.1. The summed E-state index contributed by atoms with van der Waals surface area (Å²) in [7, 11) is 5.93. The van der Waals surface area contributed by atoms with Gasteiger partial charge in [-0.2, -0.15) is 0 Å². The quantitative estimate of drug-likeness (QED) is 0.571. The molecule has 1 aliphatic rings. The molecule has 152 valence electrons. The van der Waals surface area contributed by atoms with Crippen molar-refractivity contribution in [2.75, 3.05) is 40.3 Å². The summed E-state index contributed by atoms with van der Waals surface area (Å²) in [6.45, 7) is 5.23. The first kappa shape index (κ1) is 20.7. The van der Waals surface area contributed by atoms with E-state index in [4.69, 9.17) is 11.6 Å². The van der Waals surface area contributed by atoms with Crippen molar-refractivity contribution in [3.8, 4) is 0 Å². The van der Waals surface area contributed by atoms with Crippen LogP contribution in [0.2, 0.25) is 5.02 Å². The number of rotatable bonds is 7. The van der Waals surface area contributed by atoms with E-state index in [1.165, 1.54) is 24.2 Å². The summed E-state index contributed by atoms with van der Waals surface area (Å²) in [5.74, 6) is 1.60. The highest BCUT2D eigenvalue weighted by molar-refractivity contribution is 6.30. The van der Waals surface area contributed by atoms with Gasteiger partial charge in [0.2, 0.25) is 0 Å². The fraction of sp³-hybridized carbons (Fsp3) is 0.500. The van der Waals surface area contributed by atoms with Crippen LogP contribution in [0, 0.1) is 5.92 Å². The minimum atomic E-state index is 0.672. The van der Waals surface area contributed by atoms with E-state index in [1.807, 2.05) is 26.4 Å². The van der Waals surface area contributed by atoms with E-state index < -0.39 is 0 Å². The van der Waals surface area contributed by atoms with Crippen molar-refractivity contribution in [2.24, 2.45) is 18.0 Å². The molecule has 2 aromatic rings. The molecule has 0 amide bonds. The van der Waals surface area contributed by atoms with Gasteiger partial charge < -0.3 is 19.7 Å². The first-order valence-electron chi connectivity index (χ1n) is 10.0. The number of hydrogen-bond donors (Lipinski definition) is 1. The highest BCUT2D eigenvalue weighted by Gasteiger charge is 2.22. The number of aliphatic imine (C=N–C) groups is 1. The monoisotopic (exact) mass is 401 g/mol. The van der Waals surface area contributed by atoms with Crippen molar-refractivity contribution in [1.82, 2.24) is 19.7 Å². The smallest absolute Gasteiger partial charge is 0.193 e. The van der Waals surface area contributed by atoms with Crippen LogP contribution in [0.4, 0.5) is 0 Å². The Morgan fingerprint density at radius 1 is 1.32 bits per heavy atom. The van der Waals surface area contributed by atoms with Crippen molar-refractivity contribution in [3.63, 3.8) is 0 Å². The van der Waals surface area contributed by atoms with Crippen LogP contribution in [0.15, 0.2) is 47.6 Å². The molecule has 0 radical (unpaired) electrons. The van der Waals surface area contributed by atoms with Crippen LogP contribution >= 0.6 is 11.6 Å². The highest BCUT2D eigenvalue weighted by atomic mass is 35.5. The maximum atomic E-state index is 6.10. The molecule has 6 heteroatoms. The van der Waals surface area contributed by atoms with Gasteiger partial charge in [0.05, 0.1) is 11.6 Å². The van der Waals surface area contributed by atoms with Gasteiger partial charge in [-0.05, 0) is 36.9 Å². The Bertz CT molecular complexity index is 770. The molecular weight excluding hydrogens is 370 g/mol. The molecule has 5 nitrogen and oxygen atoms in total. The van der Waals surface area contributed by atoms with Crippen LogP contribution in [-0.2, 0) is 20.0 Å². The summed E-state index contributed by atoms with van der Waals surface area (Å²) in [6, 6.07) is 12.8. The second kappa shape index (κ2) is 9.99. The van der Waals surface area contributed by atoms with Gasteiger partial charge in [0.1, 0.15) is 0 Å². The third-order valence-electron chi connectivity index (χ3n) is 5.53. The van der Waals surface area contributed by atoms with Gasteiger partial charge in [-0.15, -0.1) is 0 Å². The van der Waals surface area contributed by atoms with E-state index in [1.54, 1.807) is 0 Å². The van der Waals surface area contributed by atoms with Crippen molar-refractivity contribution in [2.45, 2.75) is 19.4 Å². The van der Waals surface area contributed by atoms with E-state index in [9.17, 15) is 0 Å². The van der Waals surface area contributed by atoms with Crippen LogP contribution in [-0.4, -0.2) is 60.6 Å². The summed E-state index contributed by atoms with van der Waals surface area (Å²) in [6.07, 6.45) is 4.31. The molecule has 0 bridgehead atoms. The number of aryl methyl sites for hydroxylation is 1. The molecule has 1 fully saturated rings. The summed E-state index contributed by atoms with van der Waals surface area (Å²) in [5.41, 5.74) is 2.59. The maximum absolute atomic E-state index is 6.10. The Hall–Kier alpha value is -1.98. The second-order valence-corrected chi connectivity index (χ2v) is 8.17. The van der Waals surface area contributed by atoms with Crippen LogP contribution in [0.1, 0.15) is 17.7 Å². The minimum absolute atomic E-state index is 0.672. The average molecular weight is 402 g/mol. The lowest BCUT2D eigenvalue weighted by Crippen LogP contribution is -2.41. The molecule has 1 atom stereocenters. The number of likely N-dealkylation sites (tertiary alicyclic amines) is 1. The Labute approximate surface area is 174 Å². The van der Waals surface area contributed by atoms with Gasteiger partial charge in [0.25, 0.3) is 0 Å². The van der Waals surface area contributed by atoms with E-state index >= 15 is 0 Å². The molecule has 0 spiro atoms. The standard InChI is InChI=1S/C22H32ClN5/c1-24-22(27(3)17-21-13-20(23)16-26(21)2)25-14-19-10-12-28(15-19)11-9-18-7-5-4-6-8-18/h4-8,13,16,19H,9-12,14-15,17H2,1-3H3,(H,24,25). The van der Waals surface area contributed by atoms with Crippen molar-refractivity contribution < 1.29 is 0 Å². The van der Waals surface area contributed by atoms with Crippen molar-refractivity contribution >= 4 is 17.6 Å². The Kier molecular flexibility index (Phi) is 7.40. The summed E-state index contributed by atoms with van der Waals surface area (Å²) in [5, 5.41) is 4.33. The number of nitrogens with zero attached hydrogens (tertiary/aromatic N) is 4. The molecule has 1 aromatic carbocycles. The highest BCUT2D eigenvalue weighted by Crippen LogP contribution is 2.17. The van der Waals surface area contributed by atoms with Gasteiger partial charge in [-0.1, -0.05) is 41.9 Å². The van der Waals surface area contributed by atoms with Crippen molar-refractivity contribution in [3.05, 3.63) is 58.9 Å². The van der Waals surface area contributed by atoms with Gasteiger partial charge in [0, 0.05) is 52.7 Å². The number of aromatic nitrogens is 1. The van der Waals surface area contributed by atoms with Gasteiger partial charge >= 0.3 is 0 Å². The van der Waals surface area contributed by atoms with E-state index in [0.29, 0.717) is 5.92 Å². The number of halogens is 1. The third-order valence-corrected chi connectivity index (χ3v) is 5.73. The lowest BCUT2D eigenvalue weighted by Gasteiger charge is -2.24. The SMILES string of the molecule is CN=C(NCC1CCN(CCc2ccccc2)C1)N(C)Cc1cc(Cl)cn1C. The third kappa shape index (κ3) is 5.76. The Morgan fingerprint density at radius 2 is 2.11 bits per heavy atom. The molecule has 28 heavy (non-hydrogen) atoms. The van der Waals surface area contributed by atoms with Gasteiger partial charge in [0.15, 0.2) is 5.96 Å². The molecule has 3 rings (SSSR count). The molecule has 1 aliphatic heterocycles. The number of benzene rings is 1. The molecule has 1 N–H and O–H groups in total. The normalized spacial score (nSPS) is 17.9. The van der Waals surface area contributed by atoms with Gasteiger partial charge in [-0.3, -0.25) is 4.99 Å². The zero-order chi connectivity index (χ0) is 19.9. The predicted octanol–water partition coefficient (Wildman–Crippen LogP) is 3.25. The fourth-order valence-electron chi connectivity index (χ4n) is 3.88. The number of hydrogen-bond acceptors (Lipinski definition) is 2. The summed E-state index contributed by atoms with van der Waals surface area (Å²) >= 11 is 6.10. The van der Waals surface area contributed by atoms with E-state index in [2.05, 4.69) is 62.1 Å². The fourth-order valence-corrected chi connectivity index (χ4v) is 4.15. The first-order valence-corrected chi connectivity index (χ1v) is 10.4. The number of nitrogens with one attached hydrogen (secondary N) is 1. The zero-order valence-electron chi connectivity index (χ0n) is 17.2. The topological polar surface area (TPSA) is 35.8 Å². The molecule has 2 heterocycles. The zero-order valence-corrected chi connectivity index (χ0v) is 18.0. The Balaban J connectivity index is 1.42. The Morgan fingerprint density at radius 3 is 2.79 bits per heavy atom. The summed E-state index contributed by atoms with van der Waals surface area (Å²) < 4.78 is 2.06. The molecule has 1 aromatic heterocycles. The maximum Gasteiger partial charge on any atom is 0.193 e. The predicted molar refractivity (Wildman–Crippen MR) is 118 cm³/mol. The molecule has 1 unspecified atom stereocenters. The lowest BCUT2D eigenvalue weighted by molar-refractivity contribution is 0.327. The van der Waals surface area contributed by atoms with Crippen LogP contribution < -0.4 is 5.32 Å². The summed E-state index contributed by atoms with van der Waals surface area (Å²) in [4.78, 5) is 9.18.